The van der Waals surface area contributed by atoms with Crippen LogP contribution in [0.25, 0.3) is 0 Å². The molecule has 0 unspecified atom stereocenters. The summed E-state index contributed by atoms with van der Waals surface area (Å²) in [4.78, 5) is 0.474. The highest BCUT2D eigenvalue weighted by atomic mass is 32.2. The Labute approximate surface area is 107 Å². The molecule has 4 heteroatoms. The molecule has 0 atom stereocenters. The van der Waals surface area contributed by atoms with Crippen molar-refractivity contribution < 1.29 is 13.2 Å². The Bertz CT molecular complexity index is 643. The number of hydrogen-bond acceptors (Lipinski definition) is 3. The highest BCUT2D eigenvalue weighted by molar-refractivity contribution is 7.91. The third-order valence-electron chi connectivity index (χ3n) is 2.59. The van der Waals surface area contributed by atoms with E-state index in [4.69, 9.17) is 4.74 Å². The van der Waals surface area contributed by atoms with Gasteiger partial charge < -0.3 is 4.74 Å². The molecule has 18 heavy (non-hydrogen) atoms. The summed E-state index contributed by atoms with van der Waals surface area (Å²) in [7, 11) is -1.99. The van der Waals surface area contributed by atoms with Gasteiger partial charge in [0.1, 0.15) is 5.75 Å². The van der Waals surface area contributed by atoms with Gasteiger partial charge in [0, 0.05) is 0 Å². The fourth-order valence-electron chi connectivity index (χ4n) is 1.57. The summed E-state index contributed by atoms with van der Waals surface area (Å²) in [5.74, 6) is 0.518. The van der Waals surface area contributed by atoms with Crippen molar-refractivity contribution in [3.8, 4) is 5.75 Å². The van der Waals surface area contributed by atoms with Gasteiger partial charge in [0.25, 0.3) is 0 Å². The Hall–Kier alpha value is -1.81. The number of rotatable bonds is 3. The standard InChI is InChI=1S/C14H13O3S/c1-11-6-8-13(9-7-11)18(15,16)14-5-3-4-12(10-14)17-2/h3-10H,1H2,2H3. The van der Waals surface area contributed by atoms with Crippen molar-refractivity contribution in [2.45, 2.75) is 9.79 Å². The normalized spacial score (nSPS) is 11.2. The van der Waals surface area contributed by atoms with E-state index in [-0.39, 0.29) is 9.79 Å². The van der Waals surface area contributed by atoms with Crippen LogP contribution in [0.1, 0.15) is 5.56 Å². The summed E-state index contributed by atoms with van der Waals surface area (Å²) in [5.41, 5.74) is 0.777. The second-order valence-corrected chi connectivity index (χ2v) is 5.78. The van der Waals surface area contributed by atoms with Crippen molar-refractivity contribution in [2.24, 2.45) is 0 Å². The predicted molar refractivity (Wildman–Crippen MR) is 69.3 cm³/mol. The average molecular weight is 261 g/mol. The van der Waals surface area contributed by atoms with Crippen LogP contribution in [0.2, 0.25) is 0 Å². The molecule has 0 amide bonds. The lowest BCUT2D eigenvalue weighted by Crippen LogP contribution is -2.02. The molecule has 0 aliphatic heterocycles. The third kappa shape index (κ3) is 2.38. The first kappa shape index (κ1) is 12.6. The van der Waals surface area contributed by atoms with Gasteiger partial charge in [-0.15, -0.1) is 0 Å². The third-order valence-corrected chi connectivity index (χ3v) is 4.35. The lowest BCUT2D eigenvalue weighted by molar-refractivity contribution is 0.413. The molecular weight excluding hydrogens is 248 g/mol. The summed E-state index contributed by atoms with van der Waals surface area (Å²) in [6, 6.07) is 12.9. The molecule has 0 aliphatic carbocycles. The van der Waals surface area contributed by atoms with Gasteiger partial charge in [-0.25, -0.2) is 8.42 Å². The van der Waals surface area contributed by atoms with Crippen molar-refractivity contribution in [2.75, 3.05) is 7.11 Å². The average Bonchev–Trinajstić information content (AvgIpc) is 2.39. The first-order valence-corrected chi connectivity index (χ1v) is 6.83. The second kappa shape index (κ2) is 4.82. The molecule has 0 fully saturated rings. The van der Waals surface area contributed by atoms with Crippen LogP contribution >= 0.6 is 0 Å². The van der Waals surface area contributed by atoms with Crippen LogP contribution in [0.5, 0.6) is 5.75 Å². The van der Waals surface area contributed by atoms with E-state index >= 15 is 0 Å². The van der Waals surface area contributed by atoms with Gasteiger partial charge in [-0.2, -0.15) is 0 Å². The van der Waals surface area contributed by atoms with Crippen LogP contribution in [-0.2, 0) is 9.84 Å². The Balaban J connectivity index is 2.50. The molecule has 0 aromatic heterocycles. The van der Waals surface area contributed by atoms with Crippen molar-refractivity contribution in [3.63, 3.8) is 0 Å². The van der Waals surface area contributed by atoms with Crippen molar-refractivity contribution in [1.29, 1.82) is 0 Å². The first-order chi connectivity index (χ1) is 8.54. The number of benzene rings is 2. The molecule has 0 bridgehead atoms. The van der Waals surface area contributed by atoms with Crippen LogP contribution in [0.4, 0.5) is 0 Å². The van der Waals surface area contributed by atoms with Crippen LogP contribution in [-0.4, -0.2) is 15.5 Å². The maximum Gasteiger partial charge on any atom is 0.206 e. The number of sulfone groups is 1. The van der Waals surface area contributed by atoms with E-state index in [0.29, 0.717) is 5.75 Å². The molecular formula is C14H13O3S. The number of methoxy groups -OCH3 is 1. The van der Waals surface area contributed by atoms with E-state index in [0.717, 1.165) is 5.56 Å². The molecule has 2 aromatic carbocycles. The smallest absolute Gasteiger partial charge is 0.206 e. The first-order valence-electron chi connectivity index (χ1n) is 5.35. The number of hydrogen-bond donors (Lipinski definition) is 0. The minimum atomic E-state index is -3.50. The second-order valence-electron chi connectivity index (χ2n) is 3.83. The topological polar surface area (TPSA) is 43.4 Å². The van der Waals surface area contributed by atoms with Crippen LogP contribution in [0.15, 0.2) is 58.3 Å². The van der Waals surface area contributed by atoms with Gasteiger partial charge in [-0.3, -0.25) is 0 Å². The van der Waals surface area contributed by atoms with E-state index in [1.807, 2.05) is 0 Å². The quantitative estimate of drug-likeness (QED) is 0.853. The highest BCUT2D eigenvalue weighted by Gasteiger charge is 2.17. The van der Waals surface area contributed by atoms with E-state index < -0.39 is 9.84 Å². The summed E-state index contributed by atoms with van der Waals surface area (Å²) >= 11 is 0. The predicted octanol–water partition coefficient (Wildman–Crippen LogP) is 2.71. The van der Waals surface area contributed by atoms with Gasteiger partial charge in [0.05, 0.1) is 16.9 Å². The molecule has 0 heterocycles. The monoisotopic (exact) mass is 261 g/mol. The van der Waals surface area contributed by atoms with Gasteiger partial charge in [0.15, 0.2) is 0 Å². The maximum absolute atomic E-state index is 12.3. The van der Waals surface area contributed by atoms with Crippen LogP contribution < -0.4 is 4.74 Å². The van der Waals surface area contributed by atoms with Crippen molar-refractivity contribution >= 4 is 9.84 Å². The zero-order valence-corrected chi connectivity index (χ0v) is 10.8. The molecule has 0 aliphatic rings. The van der Waals surface area contributed by atoms with Gasteiger partial charge in [0.2, 0.25) is 9.84 Å². The fraction of sp³-hybridized carbons (Fsp3) is 0.0714. The minimum Gasteiger partial charge on any atom is -0.497 e. The van der Waals surface area contributed by atoms with Gasteiger partial charge in [-0.1, -0.05) is 18.2 Å². The van der Waals surface area contributed by atoms with Gasteiger partial charge in [-0.05, 0) is 42.8 Å². The Kier molecular flexibility index (Phi) is 3.39. The lowest BCUT2D eigenvalue weighted by Gasteiger charge is -2.06. The summed E-state index contributed by atoms with van der Waals surface area (Å²) in [6.45, 7) is 3.73. The molecule has 0 spiro atoms. The number of ether oxygens (including phenoxy) is 1. The lowest BCUT2D eigenvalue weighted by atomic mass is 10.2. The van der Waals surface area contributed by atoms with Crippen LogP contribution in [0, 0.1) is 6.92 Å². The maximum atomic E-state index is 12.3. The fourth-order valence-corrected chi connectivity index (χ4v) is 2.87. The Morgan fingerprint density at radius 1 is 1.00 bits per heavy atom. The zero-order chi connectivity index (χ0) is 13.2. The van der Waals surface area contributed by atoms with E-state index in [1.54, 1.807) is 42.5 Å². The Morgan fingerprint density at radius 2 is 1.67 bits per heavy atom. The van der Waals surface area contributed by atoms with Crippen molar-refractivity contribution in [3.05, 3.63) is 61.0 Å². The largest absolute Gasteiger partial charge is 0.497 e. The van der Waals surface area contributed by atoms with Gasteiger partial charge >= 0.3 is 0 Å². The summed E-state index contributed by atoms with van der Waals surface area (Å²) in [5, 5.41) is 0. The molecule has 93 valence electrons. The van der Waals surface area contributed by atoms with E-state index in [9.17, 15) is 8.42 Å². The van der Waals surface area contributed by atoms with Crippen molar-refractivity contribution in [1.82, 2.24) is 0 Å². The molecule has 1 radical (unpaired) electrons. The molecule has 0 N–H and O–H groups in total. The molecule has 0 saturated heterocycles. The van der Waals surface area contributed by atoms with E-state index in [1.165, 1.54) is 13.2 Å². The molecule has 2 rings (SSSR count). The summed E-state index contributed by atoms with van der Waals surface area (Å²) in [6.07, 6.45) is 0. The molecule has 3 nitrogen and oxygen atoms in total. The van der Waals surface area contributed by atoms with Crippen LogP contribution in [0.3, 0.4) is 0 Å². The molecule has 2 aromatic rings. The minimum absolute atomic E-state index is 0.221. The highest BCUT2D eigenvalue weighted by Crippen LogP contribution is 2.24. The molecule has 0 saturated carbocycles. The SMILES string of the molecule is [CH2]c1ccc(S(=O)(=O)c2cccc(OC)c2)cc1. The van der Waals surface area contributed by atoms with E-state index in [2.05, 4.69) is 6.92 Å². The Morgan fingerprint density at radius 3 is 2.28 bits per heavy atom. The summed E-state index contributed by atoms with van der Waals surface area (Å²) < 4.78 is 29.7. The zero-order valence-electron chi connectivity index (χ0n) is 9.96.